The van der Waals surface area contributed by atoms with E-state index < -0.39 is 0 Å². The lowest BCUT2D eigenvalue weighted by Crippen LogP contribution is -2.21. The summed E-state index contributed by atoms with van der Waals surface area (Å²) in [7, 11) is 0. The second kappa shape index (κ2) is 8.32. The van der Waals surface area contributed by atoms with Crippen LogP contribution in [-0.2, 0) is 11.2 Å². The van der Waals surface area contributed by atoms with Crippen LogP contribution < -0.4 is 11.1 Å². The number of carbonyl (C=O) groups is 1. The summed E-state index contributed by atoms with van der Waals surface area (Å²) in [6.45, 7) is 8.20. The van der Waals surface area contributed by atoms with Gasteiger partial charge in [-0.1, -0.05) is 38.5 Å². The van der Waals surface area contributed by atoms with E-state index in [2.05, 4.69) is 29.4 Å². The molecule has 3 N–H and O–H groups in total. The summed E-state index contributed by atoms with van der Waals surface area (Å²) in [5.74, 6) is 0.539. The molecule has 0 aliphatic carbocycles. The zero-order chi connectivity index (χ0) is 15.1. The summed E-state index contributed by atoms with van der Waals surface area (Å²) in [6.07, 6.45) is 3.68. The van der Waals surface area contributed by atoms with Crippen LogP contribution >= 0.6 is 11.3 Å². The third-order valence-corrected chi connectivity index (χ3v) is 3.89. The van der Waals surface area contributed by atoms with E-state index in [1.807, 2.05) is 13.8 Å². The molecule has 1 aromatic heterocycles. The first-order valence-electron chi connectivity index (χ1n) is 7.27. The van der Waals surface area contributed by atoms with Crippen LogP contribution in [0.25, 0.3) is 0 Å². The molecule has 0 spiro atoms. The highest BCUT2D eigenvalue weighted by Gasteiger charge is 2.15. The lowest BCUT2D eigenvalue weighted by Gasteiger charge is -2.11. The van der Waals surface area contributed by atoms with Crippen LogP contribution in [0, 0.1) is 11.8 Å². The first-order valence-corrected chi connectivity index (χ1v) is 8.09. The van der Waals surface area contributed by atoms with Crippen LogP contribution in [0.4, 0.5) is 5.13 Å². The molecule has 6 heteroatoms. The maximum atomic E-state index is 12.0. The number of nitrogens with zero attached hydrogens (tertiary/aromatic N) is 2. The van der Waals surface area contributed by atoms with E-state index in [0.29, 0.717) is 11.0 Å². The first-order chi connectivity index (χ1) is 9.38. The fourth-order valence-corrected chi connectivity index (χ4v) is 2.80. The molecule has 20 heavy (non-hydrogen) atoms. The molecular formula is C14H26N4OS. The van der Waals surface area contributed by atoms with Crippen molar-refractivity contribution in [2.24, 2.45) is 17.6 Å². The van der Waals surface area contributed by atoms with Crippen molar-refractivity contribution in [1.29, 1.82) is 0 Å². The molecule has 2 atom stereocenters. The van der Waals surface area contributed by atoms with Crippen molar-refractivity contribution in [2.75, 3.05) is 5.32 Å². The molecule has 1 heterocycles. The Morgan fingerprint density at radius 3 is 2.55 bits per heavy atom. The van der Waals surface area contributed by atoms with E-state index in [4.69, 9.17) is 5.73 Å². The molecule has 0 aliphatic heterocycles. The third kappa shape index (κ3) is 6.43. The first kappa shape index (κ1) is 17.0. The molecule has 2 unspecified atom stereocenters. The van der Waals surface area contributed by atoms with E-state index in [9.17, 15) is 4.79 Å². The Morgan fingerprint density at radius 1 is 1.25 bits per heavy atom. The minimum Gasteiger partial charge on any atom is -0.328 e. The Kier molecular flexibility index (Phi) is 7.09. The lowest BCUT2D eigenvalue weighted by atomic mass is 10.0. The van der Waals surface area contributed by atoms with Crippen molar-refractivity contribution >= 4 is 22.4 Å². The molecule has 5 nitrogen and oxygen atoms in total. The second-order valence-corrected chi connectivity index (χ2v) is 6.96. The van der Waals surface area contributed by atoms with Crippen molar-refractivity contribution in [3.05, 3.63) is 5.01 Å². The highest BCUT2D eigenvalue weighted by Crippen LogP contribution is 2.19. The molecule has 0 saturated carbocycles. The molecule has 0 bridgehead atoms. The number of anilines is 1. The molecule has 114 valence electrons. The number of nitrogens with one attached hydrogen (secondary N) is 1. The monoisotopic (exact) mass is 298 g/mol. The summed E-state index contributed by atoms with van der Waals surface area (Å²) < 4.78 is 0. The number of hydrogen-bond acceptors (Lipinski definition) is 5. The fourth-order valence-electron chi connectivity index (χ4n) is 1.84. The van der Waals surface area contributed by atoms with Gasteiger partial charge in [-0.3, -0.25) is 4.79 Å². The minimum atomic E-state index is -0.0220. The van der Waals surface area contributed by atoms with Gasteiger partial charge in [-0.15, -0.1) is 10.2 Å². The summed E-state index contributed by atoms with van der Waals surface area (Å²) in [6, 6.07) is 0.201. The Bertz CT molecular complexity index is 417. The Labute approximate surface area is 125 Å². The molecule has 0 saturated heterocycles. The molecule has 0 fully saturated rings. The van der Waals surface area contributed by atoms with Crippen molar-refractivity contribution in [3.8, 4) is 0 Å². The maximum absolute atomic E-state index is 12.0. The van der Waals surface area contributed by atoms with E-state index in [1.54, 1.807) is 0 Å². The van der Waals surface area contributed by atoms with E-state index in [1.165, 1.54) is 11.3 Å². The van der Waals surface area contributed by atoms with Gasteiger partial charge in [0.05, 0.1) is 0 Å². The largest absolute Gasteiger partial charge is 0.328 e. The highest BCUT2D eigenvalue weighted by atomic mass is 32.1. The normalized spacial score (nSPS) is 14.3. The number of hydrogen-bond donors (Lipinski definition) is 2. The van der Waals surface area contributed by atoms with Gasteiger partial charge in [0.15, 0.2) is 0 Å². The fraction of sp³-hybridized carbons (Fsp3) is 0.786. The smallest absolute Gasteiger partial charge is 0.229 e. The molecule has 1 rings (SSSR count). The van der Waals surface area contributed by atoms with Gasteiger partial charge in [-0.2, -0.15) is 0 Å². The second-order valence-electron chi connectivity index (χ2n) is 5.90. The Morgan fingerprint density at radius 2 is 1.95 bits per heavy atom. The topological polar surface area (TPSA) is 80.9 Å². The number of carbonyl (C=O) groups excluding carboxylic acids is 1. The maximum Gasteiger partial charge on any atom is 0.229 e. The van der Waals surface area contributed by atoms with Crippen molar-refractivity contribution < 1.29 is 4.79 Å². The van der Waals surface area contributed by atoms with Crippen LogP contribution in [0.15, 0.2) is 0 Å². The summed E-state index contributed by atoms with van der Waals surface area (Å²) in [4.78, 5) is 12.0. The predicted molar refractivity (Wildman–Crippen MR) is 83.7 cm³/mol. The van der Waals surface area contributed by atoms with Crippen LogP contribution in [0.3, 0.4) is 0 Å². The molecular weight excluding hydrogens is 272 g/mol. The average molecular weight is 298 g/mol. The van der Waals surface area contributed by atoms with Crippen molar-refractivity contribution in [2.45, 2.75) is 59.4 Å². The molecule has 0 aromatic carbocycles. The Balaban J connectivity index is 2.39. The van der Waals surface area contributed by atoms with Gasteiger partial charge in [0.2, 0.25) is 11.0 Å². The number of aromatic nitrogens is 2. The molecule has 0 aliphatic rings. The van der Waals surface area contributed by atoms with Crippen LogP contribution in [0.1, 0.15) is 52.0 Å². The summed E-state index contributed by atoms with van der Waals surface area (Å²) in [5, 5.41) is 12.5. The zero-order valence-electron chi connectivity index (χ0n) is 12.8. The predicted octanol–water partition coefficient (Wildman–Crippen LogP) is 2.83. The number of rotatable bonds is 8. The SMILES string of the molecule is CC(C)Cc1nnc(NC(=O)C(C)CCCC(C)N)s1. The highest BCUT2D eigenvalue weighted by molar-refractivity contribution is 7.15. The number of nitrogens with two attached hydrogens (primary N) is 1. The van der Waals surface area contributed by atoms with Gasteiger partial charge < -0.3 is 11.1 Å². The third-order valence-electron chi connectivity index (χ3n) is 3.02. The van der Waals surface area contributed by atoms with Gasteiger partial charge in [-0.05, 0) is 25.7 Å². The quantitative estimate of drug-likeness (QED) is 0.773. The van der Waals surface area contributed by atoms with Gasteiger partial charge in [-0.25, -0.2) is 0 Å². The molecule has 0 radical (unpaired) electrons. The zero-order valence-corrected chi connectivity index (χ0v) is 13.7. The van der Waals surface area contributed by atoms with E-state index >= 15 is 0 Å². The van der Waals surface area contributed by atoms with Crippen LogP contribution in [-0.4, -0.2) is 22.1 Å². The van der Waals surface area contributed by atoms with Gasteiger partial charge in [0, 0.05) is 18.4 Å². The minimum absolute atomic E-state index is 0.0157. The standard InChI is InChI=1S/C14H26N4OS/c1-9(2)8-12-17-18-14(20-12)16-13(19)10(3)6-5-7-11(4)15/h9-11H,5-8,15H2,1-4H3,(H,16,18,19). The Hall–Kier alpha value is -1.01. The van der Waals surface area contributed by atoms with Gasteiger partial charge >= 0.3 is 0 Å². The van der Waals surface area contributed by atoms with E-state index in [-0.39, 0.29) is 17.9 Å². The lowest BCUT2D eigenvalue weighted by molar-refractivity contribution is -0.119. The average Bonchev–Trinajstić information content (AvgIpc) is 2.74. The van der Waals surface area contributed by atoms with Crippen molar-refractivity contribution in [1.82, 2.24) is 10.2 Å². The van der Waals surface area contributed by atoms with Gasteiger partial charge in [0.25, 0.3) is 0 Å². The molecule has 1 amide bonds. The number of amides is 1. The summed E-state index contributed by atoms with van der Waals surface area (Å²) in [5.41, 5.74) is 5.70. The van der Waals surface area contributed by atoms with Crippen LogP contribution in [0.5, 0.6) is 0 Å². The van der Waals surface area contributed by atoms with Crippen molar-refractivity contribution in [3.63, 3.8) is 0 Å². The summed E-state index contributed by atoms with van der Waals surface area (Å²) >= 11 is 1.46. The van der Waals surface area contributed by atoms with Gasteiger partial charge in [0.1, 0.15) is 5.01 Å². The van der Waals surface area contributed by atoms with E-state index in [0.717, 1.165) is 30.7 Å². The van der Waals surface area contributed by atoms with Crippen LogP contribution in [0.2, 0.25) is 0 Å². The molecule has 1 aromatic rings.